The molecule has 0 aliphatic carbocycles. The van der Waals surface area contributed by atoms with E-state index in [0.717, 1.165) is 12.1 Å². The van der Waals surface area contributed by atoms with Gasteiger partial charge in [-0.2, -0.15) is 0 Å². The highest BCUT2D eigenvalue weighted by Gasteiger charge is 2.12. The SMILES string of the molecule is O=Cc1cc(Cl)cc(-c2cc(F)c(F)c(F)c2)c1. The van der Waals surface area contributed by atoms with Crippen molar-refractivity contribution in [3.05, 3.63) is 58.4 Å². The van der Waals surface area contributed by atoms with Gasteiger partial charge in [-0.05, 0) is 41.5 Å². The topological polar surface area (TPSA) is 17.1 Å². The zero-order valence-electron chi connectivity index (χ0n) is 8.88. The van der Waals surface area contributed by atoms with E-state index in [2.05, 4.69) is 0 Å². The molecule has 18 heavy (non-hydrogen) atoms. The number of halogens is 4. The minimum atomic E-state index is -1.53. The lowest BCUT2D eigenvalue weighted by molar-refractivity contribution is 0.112. The monoisotopic (exact) mass is 270 g/mol. The summed E-state index contributed by atoms with van der Waals surface area (Å²) < 4.78 is 39.0. The average Bonchev–Trinajstić information content (AvgIpc) is 2.34. The average molecular weight is 271 g/mol. The Morgan fingerprint density at radius 1 is 0.889 bits per heavy atom. The van der Waals surface area contributed by atoms with E-state index < -0.39 is 17.5 Å². The third-order valence-electron chi connectivity index (χ3n) is 2.37. The van der Waals surface area contributed by atoms with Crippen LogP contribution in [-0.4, -0.2) is 6.29 Å². The lowest BCUT2D eigenvalue weighted by atomic mass is 10.0. The standard InChI is InChI=1S/C13H6ClF3O/c14-10-2-7(6-18)1-8(3-10)9-4-11(15)13(17)12(16)5-9/h1-6H. The van der Waals surface area contributed by atoms with E-state index in [1.54, 1.807) is 0 Å². The first kappa shape index (κ1) is 12.6. The quantitative estimate of drug-likeness (QED) is 0.589. The number of carbonyl (C=O) groups is 1. The van der Waals surface area contributed by atoms with E-state index in [1.807, 2.05) is 0 Å². The Bertz CT molecular complexity index is 603. The van der Waals surface area contributed by atoms with Gasteiger partial charge in [0.05, 0.1) is 0 Å². The van der Waals surface area contributed by atoms with Gasteiger partial charge in [-0.3, -0.25) is 4.79 Å². The first-order chi connectivity index (χ1) is 8.51. The number of hydrogen-bond acceptors (Lipinski definition) is 1. The molecule has 0 saturated heterocycles. The maximum absolute atomic E-state index is 13.1. The van der Waals surface area contributed by atoms with Gasteiger partial charge in [-0.15, -0.1) is 0 Å². The van der Waals surface area contributed by atoms with E-state index >= 15 is 0 Å². The van der Waals surface area contributed by atoms with Crippen molar-refractivity contribution >= 4 is 17.9 Å². The molecule has 0 bridgehead atoms. The van der Waals surface area contributed by atoms with Gasteiger partial charge in [-0.25, -0.2) is 13.2 Å². The number of hydrogen-bond donors (Lipinski definition) is 0. The molecule has 0 fully saturated rings. The highest BCUT2D eigenvalue weighted by molar-refractivity contribution is 6.31. The Morgan fingerprint density at radius 3 is 2.00 bits per heavy atom. The molecule has 2 aromatic rings. The fraction of sp³-hybridized carbons (Fsp3) is 0. The Hall–Kier alpha value is -1.81. The van der Waals surface area contributed by atoms with Gasteiger partial charge in [0.2, 0.25) is 0 Å². The molecule has 0 amide bonds. The molecule has 0 heterocycles. The van der Waals surface area contributed by atoms with Gasteiger partial charge in [0, 0.05) is 10.6 Å². The van der Waals surface area contributed by atoms with Crippen LogP contribution >= 0.6 is 11.6 Å². The predicted octanol–water partition coefficient (Wildman–Crippen LogP) is 4.24. The molecule has 92 valence electrons. The van der Waals surface area contributed by atoms with Crippen LogP contribution in [0.15, 0.2) is 30.3 Å². The summed E-state index contributed by atoms with van der Waals surface area (Å²) in [6.07, 6.45) is 0.561. The second-order valence-corrected chi connectivity index (χ2v) is 4.08. The van der Waals surface area contributed by atoms with Crippen molar-refractivity contribution in [1.29, 1.82) is 0 Å². The summed E-state index contributed by atoms with van der Waals surface area (Å²) in [5, 5.41) is 0.250. The molecule has 0 saturated carbocycles. The fourth-order valence-electron chi connectivity index (χ4n) is 1.57. The third-order valence-corrected chi connectivity index (χ3v) is 2.59. The molecule has 2 rings (SSSR count). The summed E-state index contributed by atoms with van der Waals surface area (Å²) in [6, 6.07) is 5.94. The largest absolute Gasteiger partial charge is 0.298 e. The number of carbonyl (C=O) groups excluding carboxylic acids is 1. The second kappa shape index (κ2) is 4.82. The number of aldehydes is 1. The van der Waals surface area contributed by atoms with Crippen molar-refractivity contribution in [2.45, 2.75) is 0 Å². The minimum absolute atomic E-state index is 0.108. The fourth-order valence-corrected chi connectivity index (χ4v) is 1.81. The van der Waals surface area contributed by atoms with Crippen molar-refractivity contribution in [1.82, 2.24) is 0 Å². The van der Waals surface area contributed by atoms with Crippen molar-refractivity contribution in [3.63, 3.8) is 0 Å². The molecule has 1 nitrogen and oxygen atoms in total. The summed E-state index contributed by atoms with van der Waals surface area (Å²) in [7, 11) is 0. The molecule has 0 aliphatic heterocycles. The molecule has 0 radical (unpaired) electrons. The first-order valence-corrected chi connectivity index (χ1v) is 5.30. The molecule has 0 atom stereocenters. The van der Waals surface area contributed by atoms with Crippen LogP contribution in [0.1, 0.15) is 10.4 Å². The summed E-state index contributed by atoms with van der Waals surface area (Å²) in [4.78, 5) is 10.7. The maximum atomic E-state index is 13.1. The van der Waals surface area contributed by atoms with Crippen LogP contribution in [0.2, 0.25) is 5.02 Å². The molecule has 0 aromatic heterocycles. The Labute approximate surface area is 106 Å². The van der Waals surface area contributed by atoms with E-state index in [4.69, 9.17) is 11.6 Å². The van der Waals surface area contributed by atoms with Crippen LogP contribution in [-0.2, 0) is 0 Å². The van der Waals surface area contributed by atoms with Crippen LogP contribution in [0.3, 0.4) is 0 Å². The highest BCUT2D eigenvalue weighted by Crippen LogP contribution is 2.27. The number of benzene rings is 2. The van der Waals surface area contributed by atoms with E-state index in [-0.39, 0.29) is 16.1 Å². The smallest absolute Gasteiger partial charge is 0.194 e. The van der Waals surface area contributed by atoms with Crippen LogP contribution in [0.4, 0.5) is 13.2 Å². The van der Waals surface area contributed by atoms with Gasteiger partial charge >= 0.3 is 0 Å². The van der Waals surface area contributed by atoms with Crippen LogP contribution in [0.25, 0.3) is 11.1 Å². The van der Waals surface area contributed by atoms with Crippen molar-refractivity contribution in [3.8, 4) is 11.1 Å². The lowest BCUT2D eigenvalue weighted by Gasteiger charge is -2.05. The summed E-state index contributed by atoms with van der Waals surface area (Å²) >= 11 is 5.77. The molecule has 0 spiro atoms. The number of rotatable bonds is 2. The molecule has 0 aliphatic rings. The molecule has 2 aromatic carbocycles. The van der Waals surface area contributed by atoms with Crippen molar-refractivity contribution < 1.29 is 18.0 Å². The minimum Gasteiger partial charge on any atom is -0.298 e. The van der Waals surface area contributed by atoms with E-state index in [1.165, 1.54) is 18.2 Å². The van der Waals surface area contributed by atoms with Crippen LogP contribution < -0.4 is 0 Å². The van der Waals surface area contributed by atoms with Crippen molar-refractivity contribution in [2.75, 3.05) is 0 Å². The first-order valence-electron chi connectivity index (χ1n) is 4.92. The van der Waals surface area contributed by atoms with Gasteiger partial charge in [-0.1, -0.05) is 11.6 Å². The lowest BCUT2D eigenvalue weighted by Crippen LogP contribution is -1.92. The molecule has 5 heteroatoms. The van der Waals surface area contributed by atoms with Gasteiger partial charge in [0.1, 0.15) is 6.29 Å². The van der Waals surface area contributed by atoms with E-state index in [0.29, 0.717) is 11.8 Å². The van der Waals surface area contributed by atoms with Gasteiger partial charge in [0.25, 0.3) is 0 Å². The molecular weight excluding hydrogens is 265 g/mol. The zero-order chi connectivity index (χ0) is 13.3. The molecular formula is C13H6ClF3O. The Balaban J connectivity index is 2.61. The summed E-state index contributed by atoms with van der Waals surface area (Å²) in [6.45, 7) is 0. The highest BCUT2D eigenvalue weighted by atomic mass is 35.5. The predicted molar refractivity (Wildman–Crippen MR) is 62.1 cm³/mol. The van der Waals surface area contributed by atoms with Gasteiger partial charge < -0.3 is 0 Å². The zero-order valence-corrected chi connectivity index (χ0v) is 9.64. The molecule has 0 unspecified atom stereocenters. The Kier molecular flexibility index (Phi) is 3.39. The van der Waals surface area contributed by atoms with E-state index in [9.17, 15) is 18.0 Å². The van der Waals surface area contributed by atoms with Crippen LogP contribution in [0, 0.1) is 17.5 Å². The third kappa shape index (κ3) is 2.38. The second-order valence-electron chi connectivity index (χ2n) is 3.64. The Morgan fingerprint density at radius 2 is 1.44 bits per heavy atom. The summed E-state index contributed by atoms with van der Waals surface area (Å²) in [5.74, 6) is -4.12. The molecule has 0 N–H and O–H groups in total. The van der Waals surface area contributed by atoms with Crippen molar-refractivity contribution in [2.24, 2.45) is 0 Å². The maximum Gasteiger partial charge on any atom is 0.194 e. The van der Waals surface area contributed by atoms with Crippen LogP contribution in [0.5, 0.6) is 0 Å². The summed E-state index contributed by atoms with van der Waals surface area (Å²) in [5.41, 5.74) is 0.710. The van der Waals surface area contributed by atoms with Gasteiger partial charge in [0.15, 0.2) is 17.5 Å². The normalized spacial score (nSPS) is 10.4.